The Balaban J connectivity index is 1.21. The first kappa shape index (κ1) is 55.4. The molecule has 11 aromatic rings. The predicted octanol–water partition coefficient (Wildman–Crippen LogP) is 23.2. The van der Waals surface area contributed by atoms with Gasteiger partial charge in [0.1, 0.15) is 11.2 Å². The molecule has 6 heteroatoms. The van der Waals surface area contributed by atoms with Crippen LogP contribution in [0.1, 0.15) is 101 Å². The predicted molar refractivity (Wildman–Crippen MR) is 353 cm³/mol. The quantitative estimate of drug-likeness (QED) is 0.121. The molecule has 5 nitrogen and oxygen atoms in total. The lowest BCUT2D eigenvalue weighted by Gasteiger charge is -2.35. The summed E-state index contributed by atoms with van der Waals surface area (Å²) in [7, 11) is 0. The number of para-hydroxylation sites is 1. The second kappa shape index (κ2) is 21.8. The van der Waals surface area contributed by atoms with E-state index in [0.717, 1.165) is 95.8 Å². The Bertz CT molecular complexity index is 3970. The van der Waals surface area contributed by atoms with Crippen molar-refractivity contribution in [2.24, 2.45) is 0 Å². The van der Waals surface area contributed by atoms with Gasteiger partial charge >= 0.3 is 0 Å². The number of anilines is 12. The van der Waals surface area contributed by atoms with Gasteiger partial charge in [-0.3, -0.25) is 0 Å². The second-order valence-electron chi connectivity index (χ2n) is 25.3. The number of fused-ring (bicyclic) bond motifs is 3. The largest absolute Gasteiger partial charge is 0.456 e. The molecule has 0 aliphatic heterocycles. The number of hydrogen-bond donors (Lipinski definition) is 0. The normalized spacial score (nSPS) is 12.0. The fourth-order valence-corrected chi connectivity index (χ4v) is 11.3. The van der Waals surface area contributed by atoms with Crippen molar-refractivity contribution in [2.45, 2.75) is 106 Å². The molecule has 0 spiro atoms. The first-order valence-corrected chi connectivity index (χ1v) is 29.0. The SMILES string of the molecule is Cc1ccc(N(c2ccc(C)cc2)c2cccc(N(c3ccc(C(C)(C)C)cc3)c3cc(C(C)(C)C)cc(N(c4ccc(C(C)(C)C)cc4)c4cc(N(c5ccc(C)cc5)c5ccc(C)cc5)c5c(c4)oc4ccccc45)c3Cl)c2)cc1. The molecule has 0 saturated heterocycles. The van der Waals surface area contributed by atoms with Crippen molar-refractivity contribution in [2.75, 3.05) is 19.6 Å². The Morgan fingerprint density at radius 1 is 0.293 bits per heavy atom. The van der Waals surface area contributed by atoms with E-state index in [1.807, 2.05) is 6.07 Å². The minimum absolute atomic E-state index is 0.0554. The van der Waals surface area contributed by atoms with Crippen LogP contribution in [-0.2, 0) is 16.2 Å². The molecule has 0 unspecified atom stereocenters. The molecule has 0 N–H and O–H groups in total. The second-order valence-corrected chi connectivity index (χ2v) is 25.7. The van der Waals surface area contributed by atoms with Crippen LogP contribution in [-0.4, -0.2) is 0 Å². The zero-order valence-corrected chi connectivity index (χ0v) is 50.6. The zero-order valence-electron chi connectivity index (χ0n) is 49.9. The van der Waals surface area contributed by atoms with Crippen LogP contribution in [0.25, 0.3) is 21.9 Å². The van der Waals surface area contributed by atoms with Crippen LogP contribution in [0, 0.1) is 27.7 Å². The highest BCUT2D eigenvalue weighted by Gasteiger charge is 2.30. The number of rotatable bonds is 12. The van der Waals surface area contributed by atoms with Gasteiger partial charge in [-0.15, -0.1) is 0 Å². The molecule has 0 amide bonds. The third-order valence-corrected chi connectivity index (χ3v) is 16.2. The molecule has 0 saturated carbocycles. The van der Waals surface area contributed by atoms with Crippen LogP contribution in [0.5, 0.6) is 0 Å². The number of furan rings is 1. The summed E-state index contributed by atoms with van der Waals surface area (Å²) in [5.74, 6) is 0. The minimum Gasteiger partial charge on any atom is -0.456 e. The Morgan fingerprint density at radius 3 is 1.06 bits per heavy atom. The Kier molecular flexibility index (Phi) is 14.7. The van der Waals surface area contributed by atoms with Crippen LogP contribution < -0.4 is 19.6 Å². The zero-order chi connectivity index (χ0) is 57.8. The molecule has 0 aliphatic carbocycles. The van der Waals surface area contributed by atoms with Gasteiger partial charge in [-0.05, 0) is 176 Å². The lowest BCUT2D eigenvalue weighted by Crippen LogP contribution is -2.19. The van der Waals surface area contributed by atoms with Gasteiger partial charge in [-0.25, -0.2) is 0 Å². The van der Waals surface area contributed by atoms with Gasteiger partial charge in [-0.1, -0.05) is 193 Å². The van der Waals surface area contributed by atoms with E-state index in [1.165, 1.54) is 33.4 Å². The van der Waals surface area contributed by atoms with Gasteiger partial charge in [-0.2, -0.15) is 0 Å². The number of benzene rings is 10. The van der Waals surface area contributed by atoms with E-state index >= 15 is 0 Å². The van der Waals surface area contributed by atoms with Crippen molar-refractivity contribution in [1.29, 1.82) is 0 Å². The maximum atomic E-state index is 8.43. The molecular weight excluding hydrogens is 1020 g/mol. The molecule has 10 aromatic carbocycles. The summed E-state index contributed by atoms with van der Waals surface area (Å²) < 4.78 is 7.01. The molecule has 1 aromatic heterocycles. The van der Waals surface area contributed by atoms with E-state index in [0.29, 0.717) is 5.02 Å². The van der Waals surface area contributed by atoms with Crippen LogP contribution in [0.4, 0.5) is 68.2 Å². The van der Waals surface area contributed by atoms with E-state index in [1.54, 1.807) is 0 Å². The van der Waals surface area contributed by atoms with Gasteiger partial charge in [0.15, 0.2) is 0 Å². The third kappa shape index (κ3) is 11.1. The summed E-state index contributed by atoms with van der Waals surface area (Å²) in [4.78, 5) is 9.41. The molecule has 82 heavy (non-hydrogen) atoms. The molecule has 0 aliphatic rings. The maximum absolute atomic E-state index is 8.43. The Labute approximate surface area is 491 Å². The van der Waals surface area contributed by atoms with E-state index in [2.05, 4.69) is 322 Å². The van der Waals surface area contributed by atoms with Crippen LogP contribution in [0.3, 0.4) is 0 Å². The lowest BCUT2D eigenvalue weighted by atomic mass is 9.85. The van der Waals surface area contributed by atoms with Gasteiger partial charge in [0.25, 0.3) is 0 Å². The molecule has 412 valence electrons. The first-order chi connectivity index (χ1) is 39.1. The molecule has 0 bridgehead atoms. The number of nitrogens with zero attached hydrogens (tertiary/aromatic N) is 4. The van der Waals surface area contributed by atoms with E-state index in [4.69, 9.17) is 16.0 Å². The monoisotopic (exact) mass is 1090 g/mol. The molecule has 0 atom stereocenters. The number of aryl methyl sites for hydroxylation is 4. The summed E-state index contributed by atoms with van der Waals surface area (Å²) in [5, 5.41) is 2.65. The number of hydrogen-bond acceptors (Lipinski definition) is 5. The van der Waals surface area contributed by atoms with Crippen LogP contribution in [0.15, 0.2) is 223 Å². The highest BCUT2D eigenvalue weighted by Crippen LogP contribution is 2.53. The summed E-state index contributed by atoms with van der Waals surface area (Å²) >= 11 is 8.43. The maximum Gasteiger partial charge on any atom is 0.139 e. The first-order valence-electron chi connectivity index (χ1n) is 28.7. The smallest absolute Gasteiger partial charge is 0.139 e. The van der Waals surface area contributed by atoms with Crippen molar-refractivity contribution >= 4 is 102 Å². The summed E-state index contributed by atoms with van der Waals surface area (Å²) in [6, 6.07) is 79.6. The van der Waals surface area contributed by atoms with Crippen molar-refractivity contribution in [3.05, 3.63) is 262 Å². The van der Waals surface area contributed by atoms with Crippen molar-refractivity contribution < 1.29 is 4.42 Å². The van der Waals surface area contributed by atoms with Gasteiger partial charge in [0, 0.05) is 57.0 Å². The van der Waals surface area contributed by atoms with E-state index in [9.17, 15) is 0 Å². The highest BCUT2D eigenvalue weighted by molar-refractivity contribution is 6.37. The summed E-state index contributed by atoms with van der Waals surface area (Å²) in [5.41, 5.74) is 21.2. The van der Waals surface area contributed by atoms with Crippen LogP contribution >= 0.6 is 11.6 Å². The van der Waals surface area contributed by atoms with Gasteiger partial charge < -0.3 is 24.0 Å². The molecular formula is C76H75ClN4O. The standard InChI is InChI=1S/C76H75ClN4O/c1-50-21-33-57(34-22-50)78(58-35-23-51(2)24-36-58)63-17-16-18-64(47-63)80(61-41-29-54(30-42-61)74(5,6)7)68-45-56(76(11,12)13)46-69(73(68)77)81(62-43-31-55(32-44-62)75(8,9)10)65-48-67(72-66-19-14-15-20-70(66)82-71(72)49-65)79(59-37-25-52(3)26-38-59)60-39-27-53(4)28-40-60/h14-49H,1-13H3. The highest BCUT2D eigenvalue weighted by atomic mass is 35.5. The summed E-state index contributed by atoms with van der Waals surface area (Å²) in [6.45, 7) is 29.0. The molecule has 1 heterocycles. The molecule has 11 rings (SSSR count). The van der Waals surface area contributed by atoms with Gasteiger partial charge in [0.05, 0.1) is 33.2 Å². The summed E-state index contributed by atoms with van der Waals surface area (Å²) in [6.07, 6.45) is 0. The van der Waals surface area contributed by atoms with E-state index < -0.39 is 0 Å². The molecule has 0 fully saturated rings. The third-order valence-electron chi connectivity index (χ3n) is 15.8. The average Bonchev–Trinajstić information content (AvgIpc) is 4.03. The Hall–Kier alpha value is -8.51. The van der Waals surface area contributed by atoms with Crippen molar-refractivity contribution in [1.82, 2.24) is 0 Å². The minimum atomic E-state index is -0.311. The van der Waals surface area contributed by atoms with Crippen molar-refractivity contribution in [3.8, 4) is 0 Å². The number of halogens is 1. The topological polar surface area (TPSA) is 26.1 Å². The fourth-order valence-electron chi connectivity index (χ4n) is 11.0. The van der Waals surface area contributed by atoms with E-state index in [-0.39, 0.29) is 16.2 Å². The van der Waals surface area contributed by atoms with Crippen molar-refractivity contribution in [3.63, 3.8) is 0 Å². The van der Waals surface area contributed by atoms with Gasteiger partial charge in [0.2, 0.25) is 0 Å². The lowest BCUT2D eigenvalue weighted by molar-refractivity contribution is 0.589. The van der Waals surface area contributed by atoms with Crippen LogP contribution in [0.2, 0.25) is 5.02 Å². The average molecular weight is 1100 g/mol. The Morgan fingerprint density at radius 2 is 0.646 bits per heavy atom. The fraction of sp³-hybridized carbons (Fsp3) is 0.211. The molecule has 0 radical (unpaired) electrons.